The Bertz CT molecular complexity index is 202. The van der Waals surface area contributed by atoms with Crippen LogP contribution in [0.4, 0.5) is 0 Å². The van der Waals surface area contributed by atoms with Crippen molar-refractivity contribution in [3.63, 3.8) is 0 Å². The van der Waals surface area contributed by atoms with E-state index >= 15 is 0 Å². The van der Waals surface area contributed by atoms with Gasteiger partial charge in [0.1, 0.15) is 0 Å². The molecule has 2 aliphatic heterocycles. The van der Waals surface area contributed by atoms with Crippen LogP contribution in [-0.4, -0.2) is 38.5 Å². The summed E-state index contributed by atoms with van der Waals surface area (Å²) in [6.07, 6.45) is 4.01. The molecule has 0 aromatic heterocycles. The Labute approximate surface area is 98.9 Å². The SMILES string of the molecule is CC(C)C1CC(NCC2CCOC2)CCO1. The second-order valence-corrected chi connectivity index (χ2v) is 5.51. The number of nitrogens with one attached hydrogen (secondary N) is 1. The van der Waals surface area contributed by atoms with Crippen LogP contribution >= 0.6 is 0 Å². The third kappa shape index (κ3) is 3.44. The summed E-state index contributed by atoms with van der Waals surface area (Å²) in [5.41, 5.74) is 0. The molecule has 3 atom stereocenters. The summed E-state index contributed by atoms with van der Waals surface area (Å²) in [4.78, 5) is 0. The highest BCUT2D eigenvalue weighted by molar-refractivity contribution is 4.80. The zero-order valence-electron chi connectivity index (χ0n) is 10.6. The van der Waals surface area contributed by atoms with Crippen LogP contribution in [0.15, 0.2) is 0 Å². The Kier molecular flexibility index (Phi) is 4.62. The number of hydrogen-bond acceptors (Lipinski definition) is 3. The largest absolute Gasteiger partial charge is 0.381 e. The van der Waals surface area contributed by atoms with Crippen LogP contribution < -0.4 is 5.32 Å². The van der Waals surface area contributed by atoms with Gasteiger partial charge in [-0.05, 0) is 31.1 Å². The molecule has 3 unspecified atom stereocenters. The lowest BCUT2D eigenvalue weighted by Crippen LogP contribution is -2.42. The van der Waals surface area contributed by atoms with Crippen molar-refractivity contribution in [1.82, 2.24) is 5.32 Å². The molecule has 3 nitrogen and oxygen atoms in total. The lowest BCUT2D eigenvalue weighted by atomic mass is 9.95. The summed E-state index contributed by atoms with van der Waals surface area (Å²) in [5.74, 6) is 1.37. The quantitative estimate of drug-likeness (QED) is 0.794. The van der Waals surface area contributed by atoms with Crippen LogP contribution in [0.2, 0.25) is 0 Å². The standard InChI is InChI=1S/C13H25NO2/c1-10(2)13-7-12(4-6-16-13)14-8-11-3-5-15-9-11/h10-14H,3-9H2,1-2H3. The first-order chi connectivity index (χ1) is 7.75. The van der Waals surface area contributed by atoms with Crippen molar-refractivity contribution in [3.8, 4) is 0 Å². The van der Waals surface area contributed by atoms with E-state index in [0.717, 1.165) is 38.7 Å². The molecule has 0 saturated carbocycles. The first kappa shape index (κ1) is 12.3. The predicted octanol–water partition coefficient (Wildman–Crippen LogP) is 1.82. The minimum Gasteiger partial charge on any atom is -0.381 e. The van der Waals surface area contributed by atoms with Gasteiger partial charge < -0.3 is 14.8 Å². The Morgan fingerprint density at radius 3 is 2.81 bits per heavy atom. The highest BCUT2D eigenvalue weighted by Gasteiger charge is 2.25. The molecule has 0 aliphatic carbocycles. The third-order valence-corrected chi connectivity index (χ3v) is 3.78. The fraction of sp³-hybridized carbons (Fsp3) is 1.00. The molecule has 2 rings (SSSR count). The van der Waals surface area contributed by atoms with Gasteiger partial charge in [-0.3, -0.25) is 0 Å². The molecule has 0 spiro atoms. The van der Waals surface area contributed by atoms with E-state index < -0.39 is 0 Å². The Balaban J connectivity index is 1.68. The summed E-state index contributed by atoms with van der Waals surface area (Å²) in [6, 6.07) is 0.654. The van der Waals surface area contributed by atoms with Crippen molar-refractivity contribution in [1.29, 1.82) is 0 Å². The molecule has 2 saturated heterocycles. The van der Waals surface area contributed by atoms with E-state index in [2.05, 4.69) is 19.2 Å². The van der Waals surface area contributed by atoms with E-state index in [9.17, 15) is 0 Å². The second-order valence-electron chi connectivity index (χ2n) is 5.51. The Morgan fingerprint density at radius 2 is 2.12 bits per heavy atom. The molecule has 2 heterocycles. The Hall–Kier alpha value is -0.120. The van der Waals surface area contributed by atoms with Crippen molar-refractivity contribution in [2.45, 2.75) is 45.3 Å². The predicted molar refractivity (Wildman–Crippen MR) is 64.5 cm³/mol. The van der Waals surface area contributed by atoms with Gasteiger partial charge in [-0.1, -0.05) is 13.8 Å². The molecule has 2 aliphatic rings. The summed E-state index contributed by atoms with van der Waals surface area (Å²) >= 11 is 0. The van der Waals surface area contributed by atoms with Crippen LogP contribution in [0, 0.1) is 11.8 Å². The fourth-order valence-corrected chi connectivity index (χ4v) is 2.56. The first-order valence-corrected chi connectivity index (χ1v) is 6.68. The normalized spacial score (nSPS) is 35.8. The number of ether oxygens (including phenoxy) is 2. The van der Waals surface area contributed by atoms with E-state index in [1.165, 1.54) is 12.8 Å². The van der Waals surface area contributed by atoms with Crippen molar-refractivity contribution >= 4 is 0 Å². The van der Waals surface area contributed by atoms with E-state index in [-0.39, 0.29) is 0 Å². The van der Waals surface area contributed by atoms with Crippen molar-refractivity contribution < 1.29 is 9.47 Å². The maximum absolute atomic E-state index is 5.78. The molecule has 3 heteroatoms. The van der Waals surface area contributed by atoms with Crippen molar-refractivity contribution in [2.75, 3.05) is 26.4 Å². The molecule has 0 amide bonds. The van der Waals surface area contributed by atoms with Crippen molar-refractivity contribution in [2.24, 2.45) is 11.8 Å². The molecule has 1 N–H and O–H groups in total. The molecular formula is C13H25NO2. The van der Waals surface area contributed by atoms with Gasteiger partial charge in [-0.15, -0.1) is 0 Å². The summed E-state index contributed by atoms with van der Waals surface area (Å²) < 4.78 is 11.2. The van der Waals surface area contributed by atoms with Crippen LogP contribution in [0.1, 0.15) is 33.1 Å². The molecule has 0 aromatic rings. The molecule has 0 radical (unpaired) electrons. The zero-order chi connectivity index (χ0) is 11.4. The molecule has 0 aromatic carbocycles. The van der Waals surface area contributed by atoms with Crippen LogP contribution in [0.3, 0.4) is 0 Å². The highest BCUT2D eigenvalue weighted by atomic mass is 16.5. The van der Waals surface area contributed by atoms with Gasteiger partial charge in [0.2, 0.25) is 0 Å². The average Bonchev–Trinajstić information content (AvgIpc) is 2.79. The van der Waals surface area contributed by atoms with Gasteiger partial charge in [-0.25, -0.2) is 0 Å². The number of rotatable bonds is 4. The van der Waals surface area contributed by atoms with E-state index in [0.29, 0.717) is 18.1 Å². The minimum absolute atomic E-state index is 0.450. The summed E-state index contributed by atoms with van der Waals surface area (Å²) in [6.45, 7) is 8.44. The molecule has 94 valence electrons. The highest BCUT2D eigenvalue weighted by Crippen LogP contribution is 2.20. The van der Waals surface area contributed by atoms with E-state index in [4.69, 9.17) is 9.47 Å². The van der Waals surface area contributed by atoms with Gasteiger partial charge in [0.25, 0.3) is 0 Å². The average molecular weight is 227 g/mol. The minimum atomic E-state index is 0.450. The lowest BCUT2D eigenvalue weighted by molar-refractivity contribution is -0.0247. The maximum atomic E-state index is 5.78. The lowest BCUT2D eigenvalue weighted by Gasteiger charge is -2.33. The van der Waals surface area contributed by atoms with Crippen molar-refractivity contribution in [3.05, 3.63) is 0 Å². The molecule has 2 fully saturated rings. The first-order valence-electron chi connectivity index (χ1n) is 6.68. The van der Waals surface area contributed by atoms with Gasteiger partial charge in [0, 0.05) is 25.8 Å². The monoisotopic (exact) mass is 227 g/mol. The summed E-state index contributed by atoms with van der Waals surface area (Å²) in [7, 11) is 0. The second kappa shape index (κ2) is 5.99. The number of hydrogen-bond donors (Lipinski definition) is 1. The topological polar surface area (TPSA) is 30.5 Å². The van der Waals surface area contributed by atoms with E-state index in [1.54, 1.807) is 0 Å². The van der Waals surface area contributed by atoms with Crippen LogP contribution in [0.25, 0.3) is 0 Å². The smallest absolute Gasteiger partial charge is 0.0612 e. The van der Waals surface area contributed by atoms with Gasteiger partial charge >= 0.3 is 0 Å². The maximum Gasteiger partial charge on any atom is 0.0612 e. The van der Waals surface area contributed by atoms with Crippen LogP contribution in [-0.2, 0) is 9.47 Å². The molecule has 0 bridgehead atoms. The summed E-state index contributed by atoms with van der Waals surface area (Å²) in [5, 5.41) is 3.69. The van der Waals surface area contributed by atoms with Gasteiger partial charge in [0.05, 0.1) is 12.7 Å². The van der Waals surface area contributed by atoms with E-state index in [1.807, 2.05) is 0 Å². The molecule has 16 heavy (non-hydrogen) atoms. The van der Waals surface area contributed by atoms with Crippen LogP contribution in [0.5, 0.6) is 0 Å². The van der Waals surface area contributed by atoms with Gasteiger partial charge in [-0.2, -0.15) is 0 Å². The Morgan fingerprint density at radius 1 is 1.25 bits per heavy atom. The van der Waals surface area contributed by atoms with Gasteiger partial charge in [0.15, 0.2) is 0 Å². The zero-order valence-corrected chi connectivity index (χ0v) is 10.6. The molecular weight excluding hydrogens is 202 g/mol. The third-order valence-electron chi connectivity index (χ3n) is 3.78. The fourth-order valence-electron chi connectivity index (χ4n) is 2.56.